The molecule has 1 aromatic carbocycles. The summed E-state index contributed by atoms with van der Waals surface area (Å²) in [5.74, 6) is 1.59. The minimum Gasteiger partial charge on any atom is -0.493 e. The Labute approximate surface area is 135 Å². The summed E-state index contributed by atoms with van der Waals surface area (Å²) in [5.41, 5.74) is 2.30. The van der Waals surface area contributed by atoms with Gasteiger partial charge >= 0.3 is 6.09 Å². The van der Waals surface area contributed by atoms with Gasteiger partial charge in [0.05, 0.1) is 13.2 Å². The molecule has 1 atom stereocenters. The number of carbonyl (C=O) groups excluding carboxylic acids is 1. The molecule has 0 bridgehead atoms. The highest BCUT2D eigenvalue weighted by Crippen LogP contribution is 2.35. The number of para-hydroxylation sites is 1. The Morgan fingerprint density at radius 1 is 1.30 bits per heavy atom. The molecule has 3 aliphatic heterocycles. The molecule has 2 fully saturated rings. The summed E-state index contributed by atoms with van der Waals surface area (Å²) in [6, 6.07) is 6.11. The third kappa shape index (κ3) is 2.63. The number of nitrogens with zero attached hydrogens (tertiary/aromatic N) is 2. The fourth-order valence-electron chi connectivity index (χ4n) is 3.46. The second kappa shape index (κ2) is 5.77. The molecule has 3 heterocycles. The van der Waals surface area contributed by atoms with Crippen LogP contribution in [-0.2, 0) is 4.74 Å². The van der Waals surface area contributed by atoms with E-state index in [-0.39, 0.29) is 12.1 Å². The van der Waals surface area contributed by atoms with Crippen molar-refractivity contribution >= 4 is 12.2 Å². The van der Waals surface area contributed by atoms with Gasteiger partial charge in [-0.2, -0.15) is 0 Å². The van der Waals surface area contributed by atoms with Crippen LogP contribution in [0.5, 0.6) is 11.5 Å². The van der Waals surface area contributed by atoms with Crippen LogP contribution in [0.3, 0.4) is 0 Å². The molecule has 1 aromatic rings. The molecule has 0 aliphatic carbocycles. The molecule has 0 radical (unpaired) electrons. The van der Waals surface area contributed by atoms with Gasteiger partial charge in [-0.05, 0) is 17.7 Å². The highest BCUT2D eigenvalue weighted by Gasteiger charge is 2.37. The summed E-state index contributed by atoms with van der Waals surface area (Å²) in [6.45, 7) is 4.40. The third-order valence-corrected chi connectivity index (χ3v) is 4.62. The van der Waals surface area contributed by atoms with Crippen LogP contribution >= 0.6 is 0 Å². The summed E-state index contributed by atoms with van der Waals surface area (Å²) in [7, 11) is 1.66. The van der Waals surface area contributed by atoms with E-state index in [0.717, 1.165) is 43.2 Å². The Balaban J connectivity index is 1.45. The van der Waals surface area contributed by atoms with Gasteiger partial charge in [0.1, 0.15) is 13.2 Å². The fraction of sp³-hybridized carbons (Fsp3) is 0.471. The van der Waals surface area contributed by atoms with E-state index in [4.69, 9.17) is 14.2 Å². The van der Waals surface area contributed by atoms with Crippen molar-refractivity contribution in [1.29, 1.82) is 0 Å². The van der Waals surface area contributed by atoms with Crippen molar-refractivity contribution in [3.8, 4) is 11.5 Å². The number of carbonyl (C=O) groups is 1. The molecule has 4 rings (SSSR count). The Bertz CT molecular complexity index is 658. The first-order chi connectivity index (χ1) is 11.2. The van der Waals surface area contributed by atoms with Gasteiger partial charge in [-0.1, -0.05) is 12.1 Å². The van der Waals surface area contributed by atoms with Gasteiger partial charge in [0, 0.05) is 31.7 Å². The summed E-state index contributed by atoms with van der Waals surface area (Å²) in [5, 5.41) is 0. The van der Waals surface area contributed by atoms with Crippen molar-refractivity contribution in [2.75, 3.05) is 46.5 Å². The molecule has 0 aromatic heterocycles. The maximum absolute atomic E-state index is 11.5. The maximum atomic E-state index is 11.5. The molecule has 1 amide bonds. The maximum Gasteiger partial charge on any atom is 0.410 e. The molecular weight excluding hydrogens is 296 g/mol. The first-order valence-corrected chi connectivity index (χ1v) is 7.89. The quantitative estimate of drug-likeness (QED) is 0.848. The first kappa shape index (κ1) is 14.4. The van der Waals surface area contributed by atoms with Gasteiger partial charge < -0.3 is 14.2 Å². The lowest BCUT2D eigenvalue weighted by atomic mass is 10.1. The largest absolute Gasteiger partial charge is 0.493 e. The van der Waals surface area contributed by atoms with Crippen LogP contribution in [0.15, 0.2) is 23.8 Å². The lowest BCUT2D eigenvalue weighted by molar-refractivity contribution is 0.124. The summed E-state index contributed by atoms with van der Waals surface area (Å²) < 4.78 is 16.4. The van der Waals surface area contributed by atoms with Gasteiger partial charge in [-0.15, -0.1) is 0 Å². The van der Waals surface area contributed by atoms with Gasteiger partial charge in [-0.25, -0.2) is 4.79 Å². The van der Waals surface area contributed by atoms with Crippen LogP contribution < -0.4 is 9.47 Å². The average molecular weight is 316 g/mol. The summed E-state index contributed by atoms with van der Waals surface area (Å²) in [6.07, 6.45) is 2.01. The molecule has 0 saturated carbocycles. The van der Waals surface area contributed by atoms with Gasteiger partial charge in [0.25, 0.3) is 0 Å². The Kier molecular flexibility index (Phi) is 3.61. The number of rotatable bonds is 3. The van der Waals surface area contributed by atoms with Crippen molar-refractivity contribution in [1.82, 2.24) is 9.80 Å². The third-order valence-electron chi connectivity index (χ3n) is 4.62. The minimum atomic E-state index is -0.170. The number of ether oxygens (including phenoxy) is 3. The van der Waals surface area contributed by atoms with Gasteiger partial charge in [0.2, 0.25) is 0 Å². The van der Waals surface area contributed by atoms with Gasteiger partial charge in [0.15, 0.2) is 11.5 Å². The Morgan fingerprint density at radius 2 is 2.22 bits per heavy atom. The van der Waals surface area contributed by atoms with Crippen LogP contribution in [0.1, 0.15) is 5.56 Å². The number of fused-ring (bicyclic) bond motifs is 2. The normalized spacial score (nSPS) is 23.5. The van der Waals surface area contributed by atoms with E-state index in [2.05, 4.69) is 11.0 Å². The topological polar surface area (TPSA) is 51.2 Å². The molecular formula is C17H20N2O4. The zero-order valence-corrected chi connectivity index (χ0v) is 13.2. The predicted molar refractivity (Wildman–Crippen MR) is 84.7 cm³/mol. The highest BCUT2D eigenvalue weighted by atomic mass is 16.6. The number of amides is 1. The molecule has 122 valence electrons. The molecule has 0 N–H and O–H groups in total. The van der Waals surface area contributed by atoms with Crippen LogP contribution in [0.4, 0.5) is 4.79 Å². The van der Waals surface area contributed by atoms with Crippen molar-refractivity contribution in [2.24, 2.45) is 0 Å². The van der Waals surface area contributed by atoms with E-state index in [0.29, 0.717) is 13.2 Å². The van der Waals surface area contributed by atoms with E-state index in [9.17, 15) is 4.79 Å². The van der Waals surface area contributed by atoms with Crippen molar-refractivity contribution < 1.29 is 19.0 Å². The van der Waals surface area contributed by atoms with Crippen molar-refractivity contribution in [3.63, 3.8) is 0 Å². The summed E-state index contributed by atoms with van der Waals surface area (Å²) >= 11 is 0. The Morgan fingerprint density at radius 3 is 3.09 bits per heavy atom. The highest BCUT2D eigenvalue weighted by molar-refractivity contribution is 5.70. The second-order valence-electron chi connectivity index (χ2n) is 6.13. The van der Waals surface area contributed by atoms with Crippen molar-refractivity contribution in [3.05, 3.63) is 29.3 Å². The number of hydrogen-bond acceptors (Lipinski definition) is 5. The monoisotopic (exact) mass is 316 g/mol. The molecule has 6 nitrogen and oxygen atoms in total. The lowest BCUT2D eigenvalue weighted by Crippen LogP contribution is -2.52. The number of benzene rings is 1. The van der Waals surface area contributed by atoms with Crippen molar-refractivity contribution in [2.45, 2.75) is 6.04 Å². The first-order valence-electron chi connectivity index (χ1n) is 7.89. The standard InChI is InChI=1S/C17H20N2O4/c1-21-15-4-2-3-13-7-12(10-22-16(13)15)8-18-5-6-19-14(9-18)11-23-17(19)20/h2-4,7,14H,5-6,8-11H2,1H3. The number of cyclic esters (lactones) is 1. The fourth-order valence-corrected chi connectivity index (χ4v) is 3.46. The number of hydrogen-bond donors (Lipinski definition) is 0. The molecule has 1 unspecified atom stereocenters. The van der Waals surface area contributed by atoms with E-state index >= 15 is 0 Å². The van der Waals surface area contributed by atoms with E-state index in [1.54, 1.807) is 7.11 Å². The zero-order valence-electron chi connectivity index (χ0n) is 13.2. The number of methoxy groups -OCH3 is 1. The molecule has 0 spiro atoms. The smallest absolute Gasteiger partial charge is 0.410 e. The molecule has 3 aliphatic rings. The van der Waals surface area contributed by atoms with E-state index in [1.165, 1.54) is 5.57 Å². The summed E-state index contributed by atoms with van der Waals surface area (Å²) in [4.78, 5) is 15.7. The zero-order chi connectivity index (χ0) is 15.8. The average Bonchev–Trinajstić information content (AvgIpc) is 2.94. The molecule has 23 heavy (non-hydrogen) atoms. The minimum absolute atomic E-state index is 0.170. The van der Waals surface area contributed by atoms with Gasteiger partial charge in [-0.3, -0.25) is 9.80 Å². The van der Waals surface area contributed by atoms with Crippen LogP contribution in [0.25, 0.3) is 6.08 Å². The van der Waals surface area contributed by atoms with Crippen LogP contribution in [0, 0.1) is 0 Å². The van der Waals surface area contributed by atoms with E-state index < -0.39 is 0 Å². The second-order valence-corrected chi connectivity index (χ2v) is 6.13. The van der Waals surface area contributed by atoms with E-state index in [1.807, 2.05) is 23.1 Å². The lowest BCUT2D eigenvalue weighted by Gasteiger charge is -2.36. The molecule has 2 saturated heterocycles. The SMILES string of the molecule is COc1cccc2c1OCC(CN1CCN3C(=O)OCC3C1)=C2. The van der Waals surface area contributed by atoms with Crippen LogP contribution in [0.2, 0.25) is 0 Å². The Hall–Kier alpha value is -2.21. The predicted octanol–water partition coefficient (Wildman–Crippen LogP) is 1.61. The molecule has 6 heteroatoms. The number of piperazine rings is 1. The van der Waals surface area contributed by atoms with Crippen LogP contribution in [-0.4, -0.2) is 68.4 Å².